The lowest BCUT2D eigenvalue weighted by molar-refractivity contribution is -0.143. The van der Waals surface area contributed by atoms with Crippen molar-refractivity contribution in [1.82, 2.24) is 19.6 Å². The van der Waals surface area contributed by atoms with Crippen molar-refractivity contribution >= 4 is 34.3 Å². The Hall–Kier alpha value is -2.90. The molecule has 0 unspecified atom stereocenters. The Kier molecular flexibility index (Phi) is 5.73. The molecule has 5 rings (SSSR count). The van der Waals surface area contributed by atoms with Crippen molar-refractivity contribution < 1.29 is 14.7 Å². The summed E-state index contributed by atoms with van der Waals surface area (Å²) in [6, 6.07) is 11.5. The van der Waals surface area contributed by atoms with Gasteiger partial charge in [0.15, 0.2) is 0 Å². The number of carbonyl (C=O) groups is 2. The Morgan fingerprint density at radius 3 is 2.28 bits per heavy atom. The molecule has 0 spiro atoms. The summed E-state index contributed by atoms with van der Waals surface area (Å²) >= 11 is 6.50. The zero-order valence-corrected chi connectivity index (χ0v) is 18.0. The molecule has 1 aliphatic heterocycles. The van der Waals surface area contributed by atoms with Crippen LogP contribution in [0.15, 0.2) is 42.6 Å². The third-order valence-electron chi connectivity index (χ3n) is 6.13. The summed E-state index contributed by atoms with van der Waals surface area (Å²) in [5.41, 5.74) is 2.09. The maximum atomic E-state index is 13.0. The van der Waals surface area contributed by atoms with Crippen molar-refractivity contribution in [2.75, 3.05) is 26.2 Å². The Labute approximate surface area is 192 Å². The molecule has 0 atom stereocenters. The van der Waals surface area contributed by atoms with Gasteiger partial charge < -0.3 is 14.9 Å². The van der Waals surface area contributed by atoms with Crippen LogP contribution in [0.1, 0.15) is 30.6 Å². The molecule has 2 aromatic carbocycles. The van der Waals surface area contributed by atoms with Gasteiger partial charge in [-0.2, -0.15) is 5.10 Å². The van der Waals surface area contributed by atoms with Crippen LogP contribution in [-0.4, -0.2) is 68.3 Å². The van der Waals surface area contributed by atoms with Gasteiger partial charge in [-0.15, -0.1) is 0 Å². The number of piperazine rings is 1. The highest BCUT2D eigenvalue weighted by atomic mass is 35.5. The zero-order chi connectivity index (χ0) is 21.8. The van der Waals surface area contributed by atoms with E-state index in [0.29, 0.717) is 49.6 Å². The number of hydrogen-bond donors (Lipinski definition) is 1. The van der Waals surface area contributed by atoms with E-state index in [1.165, 1.54) is 0 Å². The molecule has 168 valence electrons. The van der Waals surface area contributed by atoms with Crippen LogP contribution in [0.5, 0.6) is 0 Å². The van der Waals surface area contributed by atoms with Crippen LogP contribution < -0.4 is 0 Å². The number of carbonyl (C=O) groups excluding carboxylic acids is 2. The van der Waals surface area contributed by atoms with Gasteiger partial charge in [-0.3, -0.25) is 14.3 Å². The van der Waals surface area contributed by atoms with Crippen LogP contribution in [0, 0.1) is 0 Å². The van der Waals surface area contributed by atoms with E-state index >= 15 is 0 Å². The van der Waals surface area contributed by atoms with Crippen LogP contribution in [0.2, 0.25) is 5.02 Å². The Morgan fingerprint density at radius 1 is 1.00 bits per heavy atom. The minimum absolute atomic E-state index is 0. The molecule has 2 fully saturated rings. The Bertz CT molecular complexity index is 1190. The van der Waals surface area contributed by atoms with Crippen molar-refractivity contribution in [2.24, 2.45) is 7.05 Å². The number of aliphatic hydroxyl groups is 1. The van der Waals surface area contributed by atoms with E-state index in [1.807, 2.05) is 37.5 Å². The average molecular weight is 455 g/mol. The SMILES string of the molecule is C.Cn1cc2ccc(-c3ccc(C(=O)N4CCN(C(=O)C5(O)CC5)CC4)c(Cl)c3)cc2n1. The molecule has 1 saturated heterocycles. The summed E-state index contributed by atoms with van der Waals surface area (Å²) in [5.74, 6) is -0.360. The molecule has 1 N–H and O–H groups in total. The summed E-state index contributed by atoms with van der Waals surface area (Å²) in [6.45, 7) is 1.70. The first-order chi connectivity index (χ1) is 14.8. The highest BCUT2D eigenvalue weighted by molar-refractivity contribution is 6.34. The third kappa shape index (κ3) is 3.98. The van der Waals surface area contributed by atoms with Gasteiger partial charge in [-0.1, -0.05) is 37.2 Å². The van der Waals surface area contributed by atoms with Gasteiger partial charge >= 0.3 is 0 Å². The van der Waals surface area contributed by atoms with Crippen LogP contribution in [0.25, 0.3) is 22.0 Å². The first kappa shape index (κ1) is 22.3. The lowest BCUT2D eigenvalue weighted by Gasteiger charge is -2.36. The second-order valence-corrected chi connectivity index (χ2v) is 8.79. The molecule has 32 heavy (non-hydrogen) atoms. The van der Waals surface area contributed by atoms with Crippen LogP contribution >= 0.6 is 11.6 Å². The Balaban J connectivity index is 0.00000245. The van der Waals surface area contributed by atoms with Crippen molar-refractivity contribution in [2.45, 2.75) is 25.9 Å². The summed E-state index contributed by atoms with van der Waals surface area (Å²) in [4.78, 5) is 28.6. The lowest BCUT2D eigenvalue weighted by atomic mass is 10.0. The van der Waals surface area contributed by atoms with Crippen LogP contribution in [0.3, 0.4) is 0 Å². The predicted molar refractivity (Wildman–Crippen MR) is 125 cm³/mol. The maximum Gasteiger partial charge on any atom is 0.255 e. The Morgan fingerprint density at radius 2 is 1.62 bits per heavy atom. The van der Waals surface area contributed by atoms with E-state index in [1.54, 1.807) is 26.6 Å². The summed E-state index contributed by atoms with van der Waals surface area (Å²) < 4.78 is 1.78. The number of halogens is 1. The zero-order valence-electron chi connectivity index (χ0n) is 17.2. The number of fused-ring (bicyclic) bond motifs is 1. The minimum atomic E-state index is -1.16. The van der Waals surface area contributed by atoms with Gasteiger partial charge in [0, 0.05) is 44.8 Å². The van der Waals surface area contributed by atoms with Crippen LogP contribution in [0.4, 0.5) is 0 Å². The molecular formula is C24H27ClN4O3. The predicted octanol–water partition coefficient (Wildman–Crippen LogP) is 3.34. The van der Waals surface area contributed by atoms with Gasteiger partial charge in [0.2, 0.25) is 0 Å². The minimum Gasteiger partial charge on any atom is -0.380 e. The fraction of sp³-hybridized carbons (Fsp3) is 0.375. The number of aryl methyl sites for hydroxylation is 1. The first-order valence-electron chi connectivity index (χ1n) is 10.4. The quantitative estimate of drug-likeness (QED) is 0.658. The van der Waals surface area contributed by atoms with Gasteiger partial charge in [-0.25, -0.2) is 0 Å². The number of aromatic nitrogens is 2. The lowest BCUT2D eigenvalue weighted by Crippen LogP contribution is -2.53. The smallest absolute Gasteiger partial charge is 0.255 e. The van der Waals surface area contributed by atoms with E-state index < -0.39 is 5.60 Å². The third-order valence-corrected chi connectivity index (χ3v) is 6.44. The number of hydrogen-bond acceptors (Lipinski definition) is 4. The van der Waals surface area contributed by atoms with Gasteiger partial charge in [0.25, 0.3) is 11.8 Å². The van der Waals surface area contributed by atoms with Crippen molar-refractivity contribution in [3.05, 3.63) is 53.2 Å². The standard InChI is InChI=1S/C23H23ClN4O3.CH4/c1-26-14-17-3-2-16(13-20(17)25-26)15-4-5-18(19(24)12-15)21(29)27-8-10-28(11-9-27)22(30)23(31)6-7-23;/h2-5,12-14,31H,6-11H2,1H3;1H4. The summed E-state index contributed by atoms with van der Waals surface area (Å²) in [7, 11) is 1.89. The molecule has 2 amide bonds. The molecule has 1 saturated carbocycles. The van der Waals surface area contributed by atoms with E-state index in [2.05, 4.69) is 5.10 Å². The number of rotatable bonds is 3. The molecule has 2 heterocycles. The van der Waals surface area contributed by atoms with E-state index in [-0.39, 0.29) is 19.2 Å². The van der Waals surface area contributed by atoms with Crippen LogP contribution in [-0.2, 0) is 11.8 Å². The van der Waals surface area contributed by atoms with Gasteiger partial charge in [0.1, 0.15) is 5.60 Å². The molecule has 3 aromatic rings. The fourth-order valence-corrected chi connectivity index (χ4v) is 4.36. The molecule has 1 aromatic heterocycles. The highest BCUT2D eigenvalue weighted by Crippen LogP contribution is 2.37. The maximum absolute atomic E-state index is 13.0. The second-order valence-electron chi connectivity index (χ2n) is 8.39. The topological polar surface area (TPSA) is 78.7 Å². The second kappa shape index (κ2) is 8.22. The number of benzene rings is 2. The van der Waals surface area contributed by atoms with Crippen molar-refractivity contribution in [1.29, 1.82) is 0 Å². The first-order valence-corrected chi connectivity index (χ1v) is 10.8. The number of amides is 2. The molecule has 0 radical (unpaired) electrons. The molecule has 2 aliphatic rings. The summed E-state index contributed by atoms with van der Waals surface area (Å²) in [5, 5.41) is 15.9. The molecule has 0 bridgehead atoms. The normalized spacial score (nSPS) is 17.2. The van der Waals surface area contributed by atoms with E-state index in [0.717, 1.165) is 22.0 Å². The number of nitrogens with zero attached hydrogens (tertiary/aromatic N) is 4. The van der Waals surface area contributed by atoms with Crippen molar-refractivity contribution in [3.8, 4) is 11.1 Å². The monoisotopic (exact) mass is 454 g/mol. The molecular weight excluding hydrogens is 428 g/mol. The fourth-order valence-electron chi connectivity index (χ4n) is 4.10. The van der Waals surface area contributed by atoms with Gasteiger partial charge in [-0.05, 0) is 42.2 Å². The molecule has 7 nitrogen and oxygen atoms in total. The average Bonchev–Trinajstić information content (AvgIpc) is 3.41. The molecule has 8 heteroatoms. The highest BCUT2D eigenvalue weighted by Gasteiger charge is 2.50. The summed E-state index contributed by atoms with van der Waals surface area (Å²) in [6.07, 6.45) is 3.02. The largest absolute Gasteiger partial charge is 0.380 e. The van der Waals surface area contributed by atoms with E-state index in [9.17, 15) is 14.7 Å². The van der Waals surface area contributed by atoms with Crippen molar-refractivity contribution in [3.63, 3.8) is 0 Å². The van der Waals surface area contributed by atoms with E-state index in [4.69, 9.17) is 11.6 Å². The molecule has 1 aliphatic carbocycles. The van der Waals surface area contributed by atoms with Gasteiger partial charge in [0.05, 0.1) is 16.1 Å².